The summed E-state index contributed by atoms with van der Waals surface area (Å²) < 4.78 is 0. The van der Waals surface area contributed by atoms with Crippen molar-refractivity contribution in [3.8, 4) is 0 Å². The molecule has 19 heavy (non-hydrogen) atoms. The number of hydrogen-bond donors (Lipinski definition) is 2. The summed E-state index contributed by atoms with van der Waals surface area (Å²) in [5.74, 6) is -1.20. The van der Waals surface area contributed by atoms with Gasteiger partial charge < -0.3 is 20.7 Å². The van der Waals surface area contributed by atoms with Gasteiger partial charge >= 0.3 is 0 Å². The number of aliphatic hydroxyl groups excluding tert-OH is 1. The highest BCUT2D eigenvalue weighted by atomic mass is 16.4. The van der Waals surface area contributed by atoms with Crippen molar-refractivity contribution in [3.63, 3.8) is 0 Å². The Bertz CT molecular complexity index is 581. The second kappa shape index (κ2) is 5.54. The first-order valence-corrected chi connectivity index (χ1v) is 5.89. The fourth-order valence-corrected chi connectivity index (χ4v) is 2.00. The summed E-state index contributed by atoms with van der Waals surface area (Å²) >= 11 is 0. The van der Waals surface area contributed by atoms with E-state index in [1.807, 2.05) is 18.2 Å². The van der Waals surface area contributed by atoms with Crippen LogP contribution in [0.4, 0.5) is 5.69 Å². The summed E-state index contributed by atoms with van der Waals surface area (Å²) in [6.45, 7) is 0. The summed E-state index contributed by atoms with van der Waals surface area (Å²) in [7, 11) is 0. The van der Waals surface area contributed by atoms with E-state index in [4.69, 9.17) is 5.73 Å². The van der Waals surface area contributed by atoms with Gasteiger partial charge in [-0.25, -0.2) is 0 Å². The molecule has 0 bridgehead atoms. The minimum atomic E-state index is -1.20. The van der Waals surface area contributed by atoms with Gasteiger partial charge in [0.2, 0.25) is 0 Å². The molecule has 3 N–H and O–H groups in total. The Morgan fingerprint density at radius 2 is 1.84 bits per heavy atom. The molecule has 0 saturated carbocycles. The number of aliphatic hydroxyl groups is 1. The zero-order chi connectivity index (χ0) is 13.8. The van der Waals surface area contributed by atoms with Crippen molar-refractivity contribution in [1.29, 1.82) is 0 Å². The molecule has 0 amide bonds. The Balaban J connectivity index is 2.37. The quantitative estimate of drug-likeness (QED) is 0.786. The highest BCUT2D eigenvalue weighted by molar-refractivity contribution is 5.72. The third kappa shape index (κ3) is 2.92. The van der Waals surface area contributed by atoms with Crippen LogP contribution in [0.25, 0.3) is 0 Å². The third-order valence-electron chi connectivity index (χ3n) is 2.97. The first kappa shape index (κ1) is 13.1. The number of para-hydroxylation sites is 1. The van der Waals surface area contributed by atoms with E-state index in [-0.39, 0.29) is 6.42 Å². The number of benzene rings is 2. The Hall–Kier alpha value is -2.33. The lowest BCUT2D eigenvalue weighted by Gasteiger charge is -2.16. The van der Waals surface area contributed by atoms with E-state index in [0.29, 0.717) is 22.4 Å². The van der Waals surface area contributed by atoms with E-state index >= 15 is 0 Å². The van der Waals surface area contributed by atoms with Crippen LogP contribution in [0.1, 0.15) is 22.8 Å². The molecule has 0 spiro atoms. The van der Waals surface area contributed by atoms with Crippen molar-refractivity contribution in [1.82, 2.24) is 0 Å². The van der Waals surface area contributed by atoms with E-state index in [9.17, 15) is 15.0 Å². The summed E-state index contributed by atoms with van der Waals surface area (Å²) in [6.07, 6.45) is -1.14. The Morgan fingerprint density at radius 1 is 1.16 bits per heavy atom. The third-order valence-corrected chi connectivity index (χ3v) is 2.97. The lowest BCUT2D eigenvalue weighted by atomic mass is 9.96. The standard InChI is InChI=1S/C15H15NO3/c16-14-11(9-13(17)18)7-4-8-12(14)15(19)10-5-2-1-3-6-10/h1-8,15,19H,9,16H2,(H,17,18)/p-1. The first-order valence-electron chi connectivity index (χ1n) is 5.89. The summed E-state index contributed by atoms with van der Waals surface area (Å²) in [4.78, 5) is 10.6. The smallest absolute Gasteiger partial charge is 0.106 e. The number of nitrogen functional groups attached to an aromatic ring is 1. The SMILES string of the molecule is Nc1c(CC(=O)[O-])cccc1C(O)c1ccccc1. The number of nitrogens with two attached hydrogens (primary N) is 1. The predicted octanol–water partition coefficient (Wildman–Crippen LogP) is 0.643. The topological polar surface area (TPSA) is 86.4 Å². The van der Waals surface area contributed by atoms with Gasteiger partial charge in [-0.2, -0.15) is 0 Å². The number of carbonyl (C=O) groups is 1. The molecular formula is C15H14NO3-. The molecule has 0 radical (unpaired) electrons. The van der Waals surface area contributed by atoms with Gasteiger partial charge in [-0.05, 0) is 11.1 Å². The molecule has 4 heteroatoms. The Labute approximate surface area is 111 Å². The maximum atomic E-state index is 10.6. The monoisotopic (exact) mass is 256 g/mol. The summed E-state index contributed by atoms with van der Waals surface area (Å²) in [6, 6.07) is 14.0. The minimum absolute atomic E-state index is 0.263. The normalized spacial score (nSPS) is 12.1. The van der Waals surface area contributed by atoms with Crippen LogP contribution in [0.3, 0.4) is 0 Å². The molecule has 0 aliphatic heterocycles. The molecule has 0 heterocycles. The molecular weight excluding hydrogens is 242 g/mol. The number of aliphatic carboxylic acids is 1. The highest BCUT2D eigenvalue weighted by Gasteiger charge is 2.15. The number of anilines is 1. The number of hydrogen-bond acceptors (Lipinski definition) is 4. The van der Waals surface area contributed by atoms with Crippen molar-refractivity contribution in [2.75, 3.05) is 5.73 Å². The van der Waals surface area contributed by atoms with Crippen molar-refractivity contribution in [2.24, 2.45) is 0 Å². The van der Waals surface area contributed by atoms with Crippen molar-refractivity contribution in [3.05, 3.63) is 65.2 Å². The number of carboxylic acids is 1. The number of carbonyl (C=O) groups excluding carboxylic acids is 1. The van der Waals surface area contributed by atoms with Crippen LogP contribution in [0.15, 0.2) is 48.5 Å². The minimum Gasteiger partial charge on any atom is -0.550 e. The van der Waals surface area contributed by atoms with Crippen molar-refractivity contribution < 1.29 is 15.0 Å². The van der Waals surface area contributed by atoms with E-state index < -0.39 is 12.1 Å². The van der Waals surface area contributed by atoms with E-state index in [1.54, 1.807) is 30.3 Å². The molecule has 0 fully saturated rings. The van der Waals surface area contributed by atoms with Crippen LogP contribution >= 0.6 is 0 Å². The van der Waals surface area contributed by atoms with Gasteiger partial charge in [-0.1, -0.05) is 48.5 Å². The molecule has 0 aliphatic rings. The van der Waals surface area contributed by atoms with Crippen LogP contribution in [0.2, 0.25) is 0 Å². The first-order chi connectivity index (χ1) is 9.09. The van der Waals surface area contributed by atoms with E-state index in [2.05, 4.69) is 0 Å². The molecule has 0 aromatic heterocycles. The molecule has 0 aliphatic carbocycles. The predicted molar refractivity (Wildman–Crippen MR) is 70.1 cm³/mol. The zero-order valence-corrected chi connectivity index (χ0v) is 10.2. The summed E-state index contributed by atoms with van der Waals surface area (Å²) in [5, 5.41) is 20.9. The highest BCUT2D eigenvalue weighted by Crippen LogP contribution is 2.28. The van der Waals surface area contributed by atoms with E-state index in [1.165, 1.54) is 0 Å². The van der Waals surface area contributed by atoms with Gasteiger partial charge in [0.25, 0.3) is 0 Å². The van der Waals surface area contributed by atoms with Crippen LogP contribution in [0, 0.1) is 0 Å². The number of carboxylic acid groups (broad SMARTS) is 1. The second-order valence-electron chi connectivity index (χ2n) is 4.28. The Morgan fingerprint density at radius 3 is 2.47 bits per heavy atom. The largest absolute Gasteiger partial charge is 0.550 e. The van der Waals surface area contributed by atoms with Crippen molar-refractivity contribution in [2.45, 2.75) is 12.5 Å². The van der Waals surface area contributed by atoms with Gasteiger partial charge in [0, 0.05) is 23.6 Å². The molecule has 2 aromatic carbocycles. The van der Waals surface area contributed by atoms with Gasteiger partial charge in [0.15, 0.2) is 0 Å². The average Bonchev–Trinajstić information content (AvgIpc) is 2.41. The molecule has 98 valence electrons. The lowest BCUT2D eigenvalue weighted by molar-refractivity contribution is -0.304. The number of rotatable bonds is 4. The van der Waals surface area contributed by atoms with Gasteiger partial charge in [-0.3, -0.25) is 0 Å². The molecule has 1 unspecified atom stereocenters. The molecule has 4 nitrogen and oxygen atoms in total. The average molecular weight is 256 g/mol. The second-order valence-corrected chi connectivity index (χ2v) is 4.28. The van der Waals surface area contributed by atoms with Gasteiger partial charge in [0.1, 0.15) is 6.10 Å². The van der Waals surface area contributed by atoms with Gasteiger partial charge in [-0.15, -0.1) is 0 Å². The van der Waals surface area contributed by atoms with Crippen LogP contribution in [0.5, 0.6) is 0 Å². The van der Waals surface area contributed by atoms with Crippen LogP contribution < -0.4 is 10.8 Å². The molecule has 0 saturated heterocycles. The van der Waals surface area contributed by atoms with Crippen molar-refractivity contribution >= 4 is 11.7 Å². The van der Waals surface area contributed by atoms with Gasteiger partial charge in [0.05, 0.1) is 0 Å². The molecule has 2 aromatic rings. The lowest BCUT2D eigenvalue weighted by Crippen LogP contribution is -2.25. The van der Waals surface area contributed by atoms with Crippen LogP contribution in [-0.2, 0) is 11.2 Å². The fourth-order valence-electron chi connectivity index (χ4n) is 2.00. The Kier molecular flexibility index (Phi) is 3.82. The zero-order valence-electron chi connectivity index (χ0n) is 10.2. The molecule has 1 atom stereocenters. The maximum absolute atomic E-state index is 10.6. The molecule has 2 rings (SSSR count). The van der Waals surface area contributed by atoms with E-state index in [0.717, 1.165) is 0 Å². The fraction of sp³-hybridized carbons (Fsp3) is 0.133. The maximum Gasteiger partial charge on any atom is 0.106 e. The van der Waals surface area contributed by atoms with Crippen LogP contribution in [-0.4, -0.2) is 11.1 Å². The summed E-state index contributed by atoms with van der Waals surface area (Å²) in [5.41, 5.74) is 7.88.